The van der Waals surface area contributed by atoms with Crippen LogP contribution in [0.5, 0.6) is 0 Å². The first-order chi connectivity index (χ1) is 5.36. The minimum Gasteiger partial charge on any atom is -0.335 e. The van der Waals surface area contributed by atoms with Gasteiger partial charge >= 0.3 is 0 Å². The number of hydrogen-bond acceptors (Lipinski definition) is 2. The number of imidazole rings is 1. The number of nitrogens with zero attached hydrogens (tertiary/aromatic N) is 2. The second kappa shape index (κ2) is 2.66. The summed E-state index contributed by atoms with van der Waals surface area (Å²) < 4.78 is 2.21. The summed E-state index contributed by atoms with van der Waals surface area (Å²) in [5.41, 5.74) is 0. The van der Waals surface area contributed by atoms with Crippen molar-refractivity contribution in [1.29, 1.82) is 0 Å². The average Bonchev–Trinajstić information content (AvgIpc) is 2.27. The van der Waals surface area contributed by atoms with Gasteiger partial charge in [-0.2, -0.15) is 0 Å². The predicted octanol–water partition coefficient (Wildman–Crippen LogP) is 0.411. The number of nitrogens with one attached hydrogen (secondary N) is 1. The molecule has 1 N–H and O–H groups in total. The van der Waals surface area contributed by atoms with Crippen LogP contribution in [0.25, 0.3) is 0 Å². The predicted molar refractivity (Wildman–Crippen MR) is 43.3 cm³/mol. The van der Waals surface area contributed by atoms with E-state index >= 15 is 0 Å². The lowest BCUT2D eigenvalue weighted by Gasteiger charge is -2.27. The van der Waals surface area contributed by atoms with Crippen molar-refractivity contribution in [2.75, 3.05) is 13.1 Å². The van der Waals surface area contributed by atoms with Crippen LogP contribution in [0.3, 0.4) is 0 Å². The van der Waals surface area contributed by atoms with Crippen molar-refractivity contribution in [3.05, 3.63) is 18.2 Å². The van der Waals surface area contributed by atoms with Gasteiger partial charge in [0.2, 0.25) is 0 Å². The molecule has 0 atom stereocenters. The van der Waals surface area contributed by atoms with Crippen LogP contribution in [0.4, 0.5) is 0 Å². The second-order valence-electron chi connectivity index (χ2n) is 3.15. The van der Waals surface area contributed by atoms with Crippen molar-refractivity contribution in [3.63, 3.8) is 0 Å². The summed E-state index contributed by atoms with van der Waals surface area (Å²) >= 11 is 0. The van der Waals surface area contributed by atoms with Crippen LogP contribution >= 0.6 is 0 Å². The molecule has 1 fully saturated rings. The van der Waals surface area contributed by atoms with E-state index in [1.54, 1.807) is 0 Å². The van der Waals surface area contributed by atoms with Crippen LogP contribution < -0.4 is 5.32 Å². The van der Waals surface area contributed by atoms with Gasteiger partial charge in [-0.05, 0) is 6.92 Å². The number of hydrogen-bond donors (Lipinski definition) is 1. The average molecular weight is 151 g/mol. The highest BCUT2D eigenvalue weighted by molar-refractivity contribution is 4.90. The Labute approximate surface area is 66.4 Å². The first-order valence-corrected chi connectivity index (χ1v) is 4.05. The van der Waals surface area contributed by atoms with E-state index in [2.05, 4.69) is 14.9 Å². The van der Waals surface area contributed by atoms with E-state index in [1.165, 1.54) is 0 Å². The summed E-state index contributed by atoms with van der Waals surface area (Å²) in [6, 6.07) is 0. The van der Waals surface area contributed by atoms with E-state index in [1.807, 2.05) is 19.3 Å². The molecular weight excluding hydrogens is 138 g/mol. The third-order valence-corrected chi connectivity index (χ3v) is 2.24. The molecule has 3 nitrogen and oxygen atoms in total. The Balaban J connectivity index is 1.99. The van der Waals surface area contributed by atoms with E-state index < -0.39 is 0 Å². The lowest BCUT2D eigenvalue weighted by atomic mass is 10.0. The molecule has 1 saturated heterocycles. The molecule has 0 spiro atoms. The van der Waals surface area contributed by atoms with Crippen LogP contribution in [0, 0.1) is 12.8 Å². The van der Waals surface area contributed by atoms with Gasteiger partial charge in [-0.15, -0.1) is 0 Å². The molecule has 3 heteroatoms. The van der Waals surface area contributed by atoms with Gasteiger partial charge in [0, 0.05) is 37.9 Å². The summed E-state index contributed by atoms with van der Waals surface area (Å²) in [5, 5.41) is 3.26. The topological polar surface area (TPSA) is 29.9 Å². The molecule has 0 unspecified atom stereocenters. The number of aromatic nitrogens is 2. The molecule has 0 radical (unpaired) electrons. The van der Waals surface area contributed by atoms with E-state index in [0.29, 0.717) is 0 Å². The van der Waals surface area contributed by atoms with Gasteiger partial charge in [0.1, 0.15) is 5.82 Å². The Bertz CT molecular complexity index is 237. The van der Waals surface area contributed by atoms with Gasteiger partial charge in [-0.3, -0.25) is 0 Å². The lowest BCUT2D eigenvalue weighted by molar-refractivity contribution is 0.304. The van der Waals surface area contributed by atoms with E-state index in [0.717, 1.165) is 31.4 Å². The van der Waals surface area contributed by atoms with Gasteiger partial charge in [-0.1, -0.05) is 0 Å². The van der Waals surface area contributed by atoms with Crippen LogP contribution in [0.1, 0.15) is 5.82 Å². The van der Waals surface area contributed by atoms with Crippen molar-refractivity contribution in [2.45, 2.75) is 13.5 Å². The van der Waals surface area contributed by atoms with Gasteiger partial charge < -0.3 is 9.88 Å². The molecule has 1 aliphatic rings. The van der Waals surface area contributed by atoms with Crippen molar-refractivity contribution in [3.8, 4) is 0 Å². The zero-order valence-corrected chi connectivity index (χ0v) is 6.75. The molecule has 0 saturated carbocycles. The fourth-order valence-corrected chi connectivity index (χ4v) is 1.35. The standard InChI is InChI=1S/C8H13N3/c1-7-10-2-3-11(7)6-8-4-9-5-8/h2-3,8-9H,4-6H2,1H3. The molecule has 11 heavy (non-hydrogen) atoms. The van der Waals surface area contributed by atoms with Crippen LogP contribution in [-0.2, 0) is 6.54 Å². The first-order valence-electron chi connectivity index (χ1n) is 4.05. The summed E-state index contributed by atoms with van der Waals surface area (Å²) in [6.45, 7) is 5.50. The minimum atomic E-state index is 0.822. The highest BCUT2D eigenvalue weighted by Gasteiger charge is 2.17. The van der Waals surface area contributed by atoms with Crippen LogP contribution in [0.15, 0.2) is 12.4 Å². The molecule has 2 heterocycles. The van der Waals surface area contributed by atoms with Crippen LogP contribution in [0.2, 0.25) is 0 Å². The second-order valence-corrected chi connectivity index (χ2v) is 3.15. The Kier molecular flexibility index (Phi) is 1.66. The Hall–Kier alpha value is -0.830. The molecular formula is C8H13N3. The largest absolute Gasteiger partial charge is 0.335 e. The minimum absolute atomic E-state index is 0.822. The highest BCUT2D eigenvalue weighted by Crippen LogP contribution is 2.07. The maximum Gasteiger partial charge on any atom is 0.105 e. The molecule has 1 aromatic rings. The van der Waals surface area contributed by atoms with Gasteiger partial charge in [0.25, 0.3) is 0 Å². The summed E-state index contributed by atoms with van der Waals surface area (Å²) in [6.07, 6.45) is 3.91. The first kappa shape index (κ1) is 6.85. The molecule has 0 amide bonds. The Morgan fingerprint density at radius 1 is 1.73 bits per heavy atom. The van der Waals surface area contributed by atoms with Crippen molar-refractivity contribution in [2.24, 2.45) is 5.92 Å². The number of rotatable bonds is 2. The molecule has 0 aliphatic carbocycles. The van der Waals surface area contributed by atoms with Gasteiger partial charge in [0.15, 0.2) is 0 Å². The Morgan fingerprint density at radius 2 is 2.55 bits per heavy atom. The van der Waals surface area contributed by atoms with E-state index in [9.17, 15) is 0 Å². The molecule has 2 rings (SSSR count). The molecule has 60 valence electrons. The monoisotopic (exact) mass is 151 g/mol. The summed E-state index contributed by atoms with van der Waals surface area (Å²) in [4.78, 5) is 4.17. The zero-order valence-electron chi connectivity index (χ0n) is 6.75. The third kappa shape index (κ3) is 1.28. The SMILES string of the molecule is Cc1nccn1CC1CNC1. The summed E-state index contributed by atoms with van der Waals surface area (Å²) in [5.74, 6) is 1.94. The molecule has 0 bridgehead atoms. The van der Waals surface area contributed by atoms with E-state index in [-0.39, 0.29) is 0 Å². The Morgan fingerprint density at radius 3 is 3.00 bits per heavy atom. The maximum absolute atomic E-state index is 4.17. The lowest BCUT2D eigenvalue weighted by Crippen LogP contribution is -2.44. The highest BCUT2D eigenvalue weighted by atomic mass is 15.1. The fourth-order valence-electron chi connectivity index (χ4n) is 1.35. The smallest absolute Gasteiger partial charge is 0.105 e. The number of aryl methyl sites for hydroxylation is 1. The molecule has 1 aliphatic heterocycles. The quantitative estimate of drug-likeness (QED) is 0.663. The van der Waals surface area contributed by atoms with Crippen molar-refractivity contribution in [1.82, 2.24) is 14.9 Å². The van der Waals surface area contributed by atoms with Crippen LogP contribution in [-0.4, -0.2) is 22.6 Å². The normalized spacial score (nSPS) is 18.3. The fraction of sp³-hybridized carbons (Fsp3) is 0.625. The zero-order chi connectivity index (χ0) is 7.68. The summed E-state index contributed by atoms with van der Waals surface area (Å²) in [7, 11) is 0. The third-order valence-electron chi connectivity index (χ3n) is 2.24. The molecule has 0 aromatic carbocycles. The van der Waals surface area contributed by atoms with Gasteiger partial charge in [-0.25, -0.2) is 4.98 Å². The maximum atomic E-state index is 4.17. The van der Waals surface area contributed by atoms with Gasteiger partial charge in [0.05, 0.1) is 0 Å². The van der Waals surface area contributed by atoms with E-state index in [4.69, 9.17) is 0 Å². The van der Waals surface area contributed by atoms with Crippen molar-refractivity contribution >= 4 is 0 Å². The molecule has 1 aromatic heterocycles. The van der Waals surface area contributed by atoms with Crippen molar-refractivity contribution < 1.29 is 0 Å².